The molecule has 6 heteroatoms. The van der Waals surface area contributed by atoms with Crippen molar-refractivity contribution in [2.45, 2.75) is 31.7 Å². The van der Waals surface area contributed by atoms with Crippen LogP contribution in [0.25, 0.3) is 15.9 Å². The molecule has 0 saturated heterocycles. The monoisotopic (exact) mass is 417 g/mol. The van der Waals surface area contributed by atoms with Crippen LogP contribution < -0.4 is 14.9 Å². The van der Waals surface area contributed by atoms with Crippen LogP contribution in [0.3, 0.4) is 0 Å². The Labute approximate surface area is 157 Å². The summed E-state index contributed by atoms with van der Waals surface area (Å²) in [4.78, 5) is 16.0. The molecule has 1 atom stereocenters. The predicted octanol–water partition coefficient (Wildman–Crippen LogP) is 3.55. The summed E-state index contributed by atoms with van der Waals surface area (Å²) in [5.41, 5.74) is 2.20. The van der Waals surface area contributed by atoms with Gasteiger partial charge in [-0.25, -0.2) is 4.79 Å². The molecule has 0 radical (unpaired) electrons. The molecule has 0 bridgehead atoms. The molecule has 0 spiro atoms. The first kappa shape index (κ1) is 15.6. The van der Waals surface area contributed by atoms with Gasteiger partial charge in [-0.3, -0.25) is 0 Å². The van der Waals surface area contributed by atoms with Crippen molar-refractivity contribution in [1.29, 1.82) is 0 Å². The van der Waals surface area contributed by atoms with Crippen LogP contribution in [0.4, 0.5) is 0 Å². The standard InChI is InChI=1S/C19H18BrN2O2S/c20-10-13-11-24-19-21(12-6-2-1-3-7-12)17(23)16-14-8-4-5-9-15(14)25-18(16)22(13)19/h1-3,6-7,13H,4-5,8-11H2/q+1. The van der Waals surface area contributed by atoms with Crippen molar-refractivity contribution in [3.63, 3.8) is 0 Å². The lowest BCUT2D eigenvalue weighted by atomic mass is 9.97. The molecular weight excluding hydrogens is 400 g/mol. The van der Waals surface area contributed by atoms with Crippen molar-refractivity contribution in [3.8, 4) is 11.7 Å². The Morgan fingerprint density at radius 3 is 2.84 bits per heavy atom. The van der Waals surface area contributed by atoms with Crippen LogP contribution in [0.2, 0.25) is 0 Å². The van der Waals surface area contributed by atoms with E-state index >= 15 is 0 Å². The summed E-state index contributed by atoms with van der Waals surface area (Å²) < 4.78 is 10.0. The number of benzene rings is 1. The highest BCUT2D eigenvalue weighted by atomic mass is 79.9. The summed E-state index contributed by atoms with van der Waals surface area (Å²) in [7, 11) is 0. The fraction of sp³-hybridized carbons (Fsp3) is 0.368. The average Bonchev–Trinajstić information content (AvgIpc) is 3.24. The van der Waals surface area contributed by atoms with Gasteiger partial charge in [-0.1, -0.05) is 45.5 Å². The molecule has 4 nitrogen and oxygen atoms in total. The van der Waals surface area contributed by atoms with E-state index in [2.05, 4.69) is 20.5 Å². The van der Waals surface area contributed by atoms with E-state index in [1.807, 2.05) is 30.3 Å². The summed E-state index contributed by atoms with van der Waals surface area (Å²) in [5.74, 6) is 0. The van der Waals surface area contributed by atoms with Crippen LogP contribution in [0.15, 0.2) is 35.1 Å². The zero-order chi connectivity index (χ0) is 17.0. The summed E-state index contributed by atoms with van der Waals surface area (Å²) >= 11 is 5.41. The molecule has 3 heterocycles. The minimum absolute atomic E-state index is 0.0575. The Morgan fingerprint density at radius 2 is 2.04 bits per heavy atom. The third-order valence-corrected chi connectivity index (χ3v) is 7.19. The molecule has 0 amide bonds. The lowest BCUT2D eigenvalue weighted by molar-refractivity contribution is -0.676. The summed E-state index contributed by atoms with van der Waals surface area (Å²) in [5, 5.41) is 1.72. The van der Waals surface area contributed by atoms with E-state index in [0.717, 1.165) is 34.1 Å². The second-order valence-electron chi connectivity index (χ2n) is 6.64. The molecule has 2 aromatic heterocycles. The lowest BCUT2D eigenvalue weighted by Crippen LogP contribution is -2.42. The highest BCUT2D eigenvalue weighted by Crippen LogP contribution is 2.36. The van der Waals surface area contributed by atoms with Gasteiger partial charge in [0.2, 0.25) is 4.83 Å². The number of hydrogen-bond donors (Lipinski definition) is 0. The van der Waals surface area contributed by atoms with Crippen molar-refractivity contribution < 1.29 is 9.30 Å². The third kappa shape index (κ3) is 2.23. The first-order chi connectivity index (χ1) is 12.3. The number of aryl methyl sites for hydroxylation is 2. The van der Waals surface area contributed by atoms with Gasteiger partial charge in [-0.05, 0) is 43.4 Å². The molecule has 1 unspecified atom stereocenters. The number of aromatic nitrogens is 2. The van der Waals surface area contributed by atoms with Crippen LogP contribution in [0.5, 0.6) is 6.01 Å². The fourth-order valence-electron chi connectivity index (χ4n) is 3.95. The maximum absolute atomic E-state index is 13.5. The molecular formula is C19H18BrN2O2S+. The quantitative estimate of drug-likeness (QED) is 0.472. The largest absolute Gasteiger partial charge is 0.466 e. The van der Waals surface area contributed by atoms with Gasteiger partial charge in [0, 0.05) is 10.2 Å². The van der Waals surface area contributed by atoms with Crippen molar-refractivity contribution in [2.75, 3.05) is 11.9 Å². The minimum Gasteiger partial charge on any atom is -0.426 e. The molecule has 0 saturated carbocycles. The first-order valence-electron chi connectivity index (χ1n) is 8.68. The van der Waals surface area contributed by atoms with E-state index in [-0.39, 0.29) is 11.6 Å². The Bertz CT molecular complexity index is 1030. The van der Waals surface area contributed by atoms with E-state index in [0.29, 0.717) is 12.6 Å². The van der Waals surface area contributed by atoms with Crippen LogP contribution in [0, 0.1) is 0 Å². The smallest absolute Gasteiger partial charge is 0.426 e. The van der Waals surface area contributed by atoms with Gasteiger partial charge < -0.3 is 4.74 Å². The Kier molecular flexibility index (Phi) is 3.71. The van der Waals surface area contributed by atoms with Gasteiger partial charge in [-0.15, -0.1) is 4.57 Å². The number of alkyl halides is 1. The van der Waals surface area contributed by atoms with E-state index in [9.17, 15) is 4.79 Å². The summed E-state index contributed by atoms with van der Waals surface area (Å²) in [6, 6.07) is 10.7. The van der Waals surface area contributed by atoms with Crippen molar-refractivity contribution in [1.82, 2.24) is 4.57 Å². The van der Waals surface area contributed by atoms with Gasteiger partial charge in [-0.2, -0.15) is 4.57 Å². The molecule has 1 aromatic carbocycles. The lowest BCUT2D eigenvalue weighted by Gasteiger charge is -2.10. The Hall–Kier alpha value is -1.66. The fourth-order valence-corrected chi connectivity index (χ4v) is 5.88. The zero-order valence-electron chi connectivity index (χ0n) is 13.7. The van der Waals surface area contributed by atoms with Gasteiger partial charge in [0.15, 0.2) is 0 Å². The van der Waals surface area contributed by atoms with Crippen molar-refractivity contribution >= 4 is 37.5 Å². The number of hydrogen-bond acceptors (Lipinski definition) is 3. The van der Waals surface area contributed by atoms with Gasteiger partial charge in [0.1, 0.15) is 23.7 Å². The molecule has 0 N–H and O–H groups in total. The SMILES string of the molecule is O=c1c2c3c(sc2[n+]2c(n1-c1ccccc1)OCC2CBr)CCCC3. The second-order valence-corrected chi connectivity index (χ2v) is 8.37. The molecule has 128 valence electrons. The predicted molar refractivity (Wildman–Crippen MR) is 103 cm³/mol. The summed E-state index contributed by atoms with van der Waals surface area (Å²) in [6.45, 7) is 0.596. The number of thiophene rings is 1. The maximum Gasteiger partial charge on any atom is 0.466 e. The number of rotatable bonds is 2. The van der Waals surface area contributed by atoms with Crippen molar-refractivity contribution in [2.24, 2.45) is 0 Å². The minimum atomic E-state index is 0.0575. The normalized spacial score (nSPS) is 18.8. The average molecular weight is 418 g/mol. The molecule has 1 aliphatic heterocycles. The number of ether oxygens (including phenoxy) is 1. The van der Waals surface area contributed by atoms with Gasteiger partial charge >= 0.3 is 11.6 Å². The van der Waals surface area contributed by atoms with E-state index in [4.69, 9.17) is 4.74 Å². The van der Waals surface area contributed by atoms with Crippen LogP contribution in [-0.4, -0.2) is 16.5 Å². The first-order valence-corrected chi connectivity index (χ1v) is 10.6. The van der Waals surface area contributed by atoms with E-state index in [1.54, 1.807) is 15.9 Å². The second kappa shape index (κ2) is 5.95. The number of nitrogens with zero attached hydrogens (tertiary/aromatic N) is 2. The molecule has 3 aromatic rings. The molecule has 5 rings (SSSR count). The molecule has 1 aliphatic carbocycles. The number of halogens is 1. The zero-order valence-corrected chi connectivity index (χ0v) is 16.1. The molecule has 0 fully saturated rings. The van der Waals surface area contributed by atoms with Gasteiger partial charge in [0.25, 0.3) is 0 Å². The molecule has 25 heavy (non-hydrogen) atoms. The van der Waals surface area contributed by atoms with Gasteiger partial charge in [0.05, 0.1) is 0 Å². The highest BCUT2D eigenvalue weighted by Gasteiger charge is 2.39. The van der Waals surface area contributed by atoms with E-state index in [1.165, 1.54) is 23.3 Å². The maximum atomic E-state index is 13.5. The number of fused-ring (bicyclic) bond motifs is 5. The molecule has 2 aliphatic rings. The summed E-state index contributed by atoms with van der Waals surface area (Å²) in [6.07, 6.45) is 4.49. The highest BCUT2D eigenvalue weighted by molar-refractivity contribution is 9.09. The Morgan fingerprint density at radius 1 is 1.24 bits per heavy atom. The van der Waals surface area contributed by atoms with Crippen molar-refractivity contribution in [3.05, 3.63) is 51.1 Å². The number of para-hydroxylation sites is 1. The third-order valence-electron chi connectivity index (χ3n) is 5.15. The topological polar surface area (TPSA) is 35.1 Å². The van der Waals surface area contributed by atoms with Crippen LogP contribution in [-0.2, 0) is 12.8 Å². The van der Waals surface area contributed by atoms with E-state index < -0.39 is 0 Å². The van der Waals surface area contributed by atoms with Crippen LogP contribution in [0.1, 0.15) is 29.3 Å². The Balaban J connectivity index is 1.92. The van der Waals surface area contributed by atoms with Crippen LogP contribution >= 0.6 is 27.3 Å².